The van der Waals surface area contributed by atoms with Gasteiger partial charge in [-0.25, -0.2) is 10.4 Å². The predicted molar refractivity (Wildman–Crippen MR) is 78.2 cm³/mol. The number of hydrazine groups is 1. The van der Waals surface area contributed by atoms with Crippen molar-refractivity contribution < 1.29 is 4.74 Å². The molecule has 102 valence electrons. The molecule has 3 N–H and O–H groups in total. The van der Waals surface area contributed by atoms with Crippen LogP contribution in [0.1, 0.15) is 35.7 Å². The molecule has 0 aliphatic heterocycles. The zero-order valence-corrected chi connectivity index (χ0v) is 12.0. The lowest BCUT2D eigenvalue weighted by atomic mass is 10.0. The highest BCUT2D eigenvalue weighted by Crippen LogP contribution is 2.30. The summed E-state index contributed by atoms with van der Waals surface area (Å²) in [4.78, 5) is 4.50. The van der Waals surface area contributed by atoms with E-state index in [4.69, 9.17) is 10.6 Å². The number of rotatable bonds is 6. The summed E-state index contributed by atoms with van der Waals surface area (Å²) in [6.07, 6.45) is 0.977. The number of nitrogens with two attached hydrogens (primary N) is 1. The van der Waals surface area contributed by atoms with Crippen molar-refractivity contribution in [2.45, 2.75) is 26.3 Å². The zero-order chi connectivity index (χ0) is 13.7. The Labute approximate surface area is 117 Å². The van der Waals surface area contributed by atoms with Crippen LogP contribution < -0.4 is 16.0 Å². The summed E-state index contributed by atoms with van der Waals surface area (Å²) < 4.78 is 5.78. The molecule has 1 heterocycles. The fourth-order valence-corrected chi connectivity index (χ4v) is 2.55. The number of para-hydroxylation sites is 1. The van der Waals surface area contributed by atoms with Gasteiger partial charge in [-0.3, -0.25) is 5.84 Å². The first-order valence-electron chi connectivity index (χ1n) is 6.36. The second kappa shape index (κ2) is 6.65. The number of aromatic nitrogens is 1. The van der Waals surface area contributed by atoms with Crippen LogP contribution in [-0.4, -0.2) is 11.6 Å². The monoisotopic (exact) mass is 277 g/mol. The number of hydrogen-bond donors (Lipinski definition) is 2. The van der Waals surface area contributed by atoms with Gasteiger partial charge in [0.1, 0.15) is 5.75 Å². The van der Waals surface area contributed by atoms with Gasteiger partial charge in [-0.05, 0) is 19.4 Å². The van der Waals surface area contributed by atoms with Crippen LogP contribution in [0.15, 0.2) is 29.6 Å². The predicted octanol–water partition coefficient (Wildman–Crippen LogP) is 2.79. The minimum absolute atomic E-state index is 0.141. The second-order valence-corrected chi connectivity index (χ2v) is 5.34. The number of nitrogens with zero attached hydrogens (tertiary/aromatic N) is 1. The first kappa shape index (κ1) is 14.0. The molecule has 0 fully saturated rings. The molecule has 5 heteroatoms. The Morgan fingerprint density at radius 2 is 2.21 bits per heavy atom. The highest BCUT2D eigenvalue weighted by molar-refractivity contribution is 7.09. The van der Waals surface area contributed by atoms with Crippen molar-refractivity contribution in [3.8, 4) is 5.75 Å². The van der Waals surface area contributed by atoms with E-state index in [1.54, 1.807) is 11.3 Å². The van der Waals surface area contributed by atoms with Crippen molar-refractivity contribution in [2.75, 3.05) is 6.61 Å². The molecule has 4 nitrogen and oxygen atoms in total. The normalized spacial score (nSPS) is 12.4. The Balaban J connectivity index is 2.32. The molecular weight excluding hydrogens is 258 g/mol. The third-order valence-corrected chi connectivity index (χ3v) is 3.58. The van der Waals surface area contributed by atoms with Crippen molar-refractivity contribution in [3.05, 3.63) is 45.9 Å². The Morgan fingerprint density at radius 3 is 2.84 bits per heavy atom. The van der Waals surface area contributed by atoms with E-state index in [1.165, 1.54) is 0 Å². The van der Waals surface area contributed by atoms with E-state index in [2.05, 4.69) is 17.3 Å². The highest BCUT2D eigenvalue weighted by atomic mass is 32.1. The molecule has 1 unspecified atom stereocenters. The largest absolute Gasteiger partial charge is 0.493 e. The first-order chi connectivity index (χ1) is 9.26. The van der Waals surface area contributed by atoms with Gasteiger partial charge in [0, 0.05) is 10.9 Å². The molecule has 2 aromatic rings. The third kappa shape index (κ3) is 3.32. The maximum Gasteiger partial charge on any atom is 0.124 e. The third-order valence-electron chi connectivity index (χ3n) is 2.79. The summed E-state index contributed by atoms with van der Waals surface area (Å²) in [5, 5.41) is 3.05. The van der Waals surface area contributed by atoms with Gasteiger partial charge in [0.25, 0.3) is 0 Å². The van der Waals surface area contributed by atoms with Gasteiger partial charge in [-0.1, -0.05) is 25.1 Å². The lowest BCUT2D eigenvalue weighted by molar-refractivity contribution is 0.311. The molecule has 0 radical (unpaired) electrons. The lowest BCUT2D eigenvalue weighted by Gasteiger charge is -2.18. The van der Waals surface area contributed by atoms with Crippen LogP contribution in [0.5, 0.6) is 5.75 Å². The van der Waals surface area contributed by atoms with Crippen LogP contribution in [0.2, 0.25) is 0 Å². The number of ether oxygens (including phenoxy) is 1. The molecule has 1 atom stereocenters. The van der Waals surface area contributed by atoms with E-state index >= 15 is 0 Å². The molecule has 0 saturated heterocycles. The van der Waals surface area contributed by atoms with Crippen LogP contribution in [0.4, 0.5) is 0 Å². The fourth-order valence-electron chi connectivity index (χ4n) is 1.91. The van der Waals surface area contributed by atoms with Crippen molar-refractivity contribution >= 4 is 11.3 Å². The van der Waals surface area contributed by atoms with E-state index < -0.39 is 0 Å². The van der Waals surface area contributed by atoms with Gasteiger partial charge < -0.3 is 4.74 Å². The van der Waals surface area contributed by atoms with E-state index in [0.29, 0.717) is 6.61 Å². The summed E-state index contributed by atoms with van der Waals surface area (Å²) in [5.74, 6) is 6.56. The van der Waals surface area contributed by atoms with Crippen LogP contribution in [0, 0.1) is 6.92 Å². The minimum Gasteiger partial charge on any atom is -0.493 e. The standard InChI is InChI=1S/C14H19N3OS/c1-3-8-18-13-7-5-4-6-11(13)14(17-15)12-9-19-10(2)16-12/h4-7,9,14,17H,3,8,15H2,1-2H3. The molecule has 0 spiro atoms. The Bertz CT molecular complexity index is 527. The van der Waals surface area contributed by atoms with Crippen LogP contribution in [-0.2, 0) is 0 Å². The number of aryl methyl sites for hydroxylation is 1. The van der Waals surface area contributed by atoms with Crippen molar-refractivity contribution in [2.24, 2.45) is 5.84 Å². The maximum atomic E-state index is 5.78. The Kier molecular flexibility index (Phi) is 4.90. The quantitative estimate of drug-likeness (QED) is 0.629. The SMILES string of the molecule is CCCOc1ccccc1C(NN)c1csc(C)n1. The molecule has 19 heavy (non-hydrogen) atoms. The zero-order valence-electron chi connectivity index (χ0n) is 11.2. The van der Waals surface area contributed by atoms with Gasteiger partial charge in [-0.15, -0.1) is 11.3 Å². The van der Waals surface area contributed by atoms with Crippen LogP contribution >= 0.6 is 11.3 Å². The second-order valence-electron chi connectivity index (χ2n) is 4.28. The molecule has 0 saturated carbocycles. The van der Waals surface area contributed by atoms with Gasteiger partial charge in [0.05, 0.1) is 23.4 Å². The minimum atomic E-state index is -0.141. The van der Waals surface area contributed by atoms with Crippen LogP contribution in [0.25, 0.3) is 0 Å². The van der Waals surface area contributed by atoms with Crippen molar-refractivity contribution in [1.29, 1.82) is 0 Å². The first-order valence-corrected chi connectivity index (χ1v) is 7.24. The van der Waals surface area contributed by atoms with Gasteiger partial charge >= 0.3 is 0 Å². The number of benzene rings is 1. The number of nitrogens with one attached hydrogen (secondary N) is 1. The summed E-state index contributed by atoms with van der Waals surface area (Å²) in [5.41, 5.74) is 4.77. The molecule has 0 aliphatic rings. The van der Waals surface area contributed by atoms with Crippen molar-refractivity contribution in [1.82, 2.24) is 10.4 Å². The molecule has 0 aliphatic carbocycles. The Morgan fingerprint density at radius 1 is 1.42 bits per heavy atom. The molecule has 0 bridgehead atoms. The summed E-state index contributed by atoms with van der Waals surface area (Å²) in [7, 11) is 0. The Hall–Kier alpha value is -1.43. The smallest absolute Gasteiger partial charge is 0.124 e. The van der Waals surface area contributed by atoms with E-state index in [0.717, 1.165) is 28.4 Å². The average molecular weight is 277 g/mol. The summed E-state index contributed by atoms with van der Waals surface area (Å²) >= 11 is 1.62. The highest BCUT2D eigenvalue weighted by Gasteiger charge is 2.19. The topological polar surface area (TPSA) is 60.2 Å². The maximum absolute atomic E-state index is 5.78. The van der Waals surface area contributed by atoms with Gasteiger partial charge in [0.2, 0.25) is 0 Å². The summed E-state index contributed by atoms with van der Waals surface area (Å²) in [6, 6.07) is 7.79. The van der Waals surface area contributed by atoms with Gasteiger partial charge in [0.15, 0.2) is 0 Å². The molecule has 1 aromatic heterocycles. The molecule has 1 aromatic carbocycles. The molecule has 0 amide bonds. The van der Waals surface area contributed by atoms with Crippen molar-refractivity contribution in [3.63, 3.8) is 0 Å². The number of hydrogen-bond acceptors (Lipinski definition) is 5. The van der Waals surface area contributed by atoms with Crippen LogP contribution in [0.3, 0.4) is 0 Å². The van der Waals surface area contributed by atoms with E-state index in [1.807, 2.05) is 36.6 Å². The average Bonchev–Trinajstić information content (AvgIpc) is 2.85. The summed E-state index contributed by atoms with van der Waals surface area (Å²) in [6.45, 7) is 4.77. The molecule has 2 rings (SSSR count). The van der Waals surface area contributed by atoms with E-state index in [-0.39, 0.29) is 6.04 Å². The fraction of sp³-hybridized carbons (Fsp3) is 0.357. The lowest BCUT2D eigenvalue weighted by Crippen LogP contribution is -2.29. The molecular formula is C14H19N3OS. The van der Waals surface area contributed by atoms with E-state index in [9.17, 15) is 0 Å². The number of thiazole rings is 1. The van der Waals surface area contributed by atoms with Gasteiger partial charge in [-0.2, -0.15) is 0 Å².